The van der Waals surface area contributed by atoms with Gasteiger partial charge in [-0.2, -0.15) is 9.97 Å². The number of carbonyl (C=O) groups excluding carboxylic acids is 3. The second-order valence-corrected chi connectivity index (χ2v) is 12.6. The number of nitrogens with one attached hydrogen (secondary N) is 1. The van der Waals surface area contributed by atoms with Crippen LogP contribution in [-0.4, -0.2) is 85.3 Å². The zero-order valence-electron chi connectivity index (χ0n) is 28.6. The normalized spacial score (nSPS) is 24.0. The Bertz CT molecular complexity index is 2200. The molecule has 3 N–H and O–H groups in total. The van der Waals surface area contributed by atoms with Crippen molar-refractivity contribution in [3.05, 3.63) is 78.6 Å². The van der Waals surface area contributed by atoms with Crippen molar-refractivity contribution in [2.75, 3.05) is 18.5 Å². The summed E-state index contributed by atoms with van der Waals surface area (Å²) in [6, 6.07) is 14.4. The van der Waals surface area contributed by atoms with Gasteiger partial charge in [-0.15, -0.1) is 0 Å². The van der Waals surface area contributed by atoms with Crippen LogP contribution in [0.1, 0.15) is 56.7 Å². The summed E-state index contributed by atoms with van der Waals surface area (Å²) < 4.78 is 31.1. The molecule has 1 saturated heterocycles. The van der Waals surface area contributed by atoms with Crippen LogP contribution in [0.2, 0.25) is 0 Å². The van der Waals surface area contributed by atoms with Crippen molar-refractivity contribution < 1.29 is 48.3 Å². The van der Waals surface area contributed by atoms with Crippen LogP contribution in [-0.2, 0) is 33.3 Å². The molecule has 0 bridgehead atoms. The number of imidazole rings is 1. The fraction of sp³-hybridized carbons (Fsp3) is 0.351. The zero-order chi connectivity index (χ0) is 36.7. The summed E-state index contributed by atoms with van der Waals surface area (Å²) in [6.07, 6.45) is -2.93. The number of aliphatic hydroxyl groups excluding tert-OH is 2. The highest BCUT2D eigenvalue weighted by Gasteiger charge is 2.50. The van der Waals surface area contributed by atoms with Gasteiger partial charge in [-0.1, -0.05) is 61.2 Å². The molecular formula is C37H37N5O10. The van der Waals surface area contributed by atoms with Crippen molar-refractivity contribution in [2.24, 2.45) is 0 Å². The Kier molecular flexibility index (Phi) is 9.48. The number of nitrogens with zero attached hydrogens (tertiary/aromatic N) is 4. The number of hydrogen-bond acceptors (Lipinski definition) is 14. The zero-order valence-corrected chi connectivity index (χ0v) is 28.6. The number of aliphatic hydroxyl groups is 2. The maximum Gasteiger partial charge on any atom is 0.303 e. The number of rotatable bonds is 10. The van der Waals surface area contributed by atoms with E-state index in [1.54, 1.807) is 16.7 Å². The molecule has 0 amide bonds. The highest BCUT2D eigenvalue weighted by atomic mass is 16.6. The number of benzene rings is 3. The van der Waals surface area contributed by atoms with Crippen molar-refractivity contribution in [3.63, 3.8) is 0 Å². The Morgan fingerprint density at radius 1 is 0.981 bits per heavy atom. The Hall–Kier alpha value is -5.64. The molecule has 52 heavy (non-hydrogen) atoms. The minimum atomic E-state index is -1.28. The van der Waals surface area contributed by atoms with Crippen molar-refractivity contribution >= 4 is 56.6 Å². The molecule has 0 radical (unpaired) electrons. The maximum absolute atomic E-state index is 12.8. The van der Waals surface area contributed by atoms with Gasteiger partial charge in [-0.25, -0.2) is 4.98 Å². The monoisotopic (exact) mass is 711 g/mol. The van der Waals surface area contributed by atoms with E-state index in [1.807, 2.05) is 42.5 Å². The molecule has 1 aliphatic carbocycles. The fourth-order valence-electron chi connectivity index (χ4n) is 7.13. The number of esters is 3. The van der Waals surface area contributed by atoms with Crippen molar-refractivity contribution in [3.8, 4) is 5.88 Å². The molecule has 270 valence electrons. The van der Waals surface area contributed by atoms with Crippen LogP contribution in [0.25, 0.3) is 32.7 Å². The third kappa shape index (κ3) is 6.38. The molecule has 15 heteroatoms. The highest BCUT2D eigenvalue weighted by molar-refractivity contribution is 6.10. The molecule has 1 fully saturated rings. The fourth-order valence-corrected chi connectivity index (χ4v) is 7.13. The number of fused-ring (bicyclic) bond motifs is 6. The molecule has 15 nitrogen and oxygen atoms in total. The van der Waals surface area contributed by atoms with Crippen molar-refractivity contribution in [1.82, 2.24) is 19.5 Å². The summed E-state index contributed by atoms with van der Waals surface area (Å²) in [5, 5.41) is 27.0. The SMILES string of the molecule is C=CCOc1nc(N[C@H]2c3c(ccc4ccc5ccccc5c34)[C@@H](OC(C)=O)[C@H](OC(C)=O)[C@@H]2OC(C)=O)nc2c1ncn2[C@H]1C[C@H](O)[C@@H](CO)O1. The van der Waals surface area contributed by atoms with Crippen molar-refractivity contribution in [1.29, 1.82) is 0 Å². The number of hydrogen-bond donors (Lipinski definition) is 3. The molecule has 3 heterocycles. The van der Waals surface area contributed by atoms with Crippen LogP contribution >= 0.6 is 0 Å². The first-order valence-corrected chi connectivity index (χ1v) is 16.7. The van der Waals surface area contributed by atoms with Crippen molar-refractivity contribution in [2.45, 2.75) is 70.0 Å². The van der Waals surface area contributed by atoms with E-state index in [-0.39, 0.29) is 37.1 Å². The van der Waals surface area contributed by atoms with Crippen LogP contribution in [0.15, 0.2) is 67.5 Å². The topological polar surface area (TPSA) is 193 Å². The summed E-state index contributed by atoms with van der Waals surface area (Å²) in [7, 11) is 0. The third-order valence-electron chi connectivity index (χ3n) is 9.16. The van der Waals surface area contributed by atoms with E-state index in [4.69, 9.17) is 28.7 Å². The lowest BCUT2D eigenvalue weighted by atomic mass is 9.77. The largest absolute Gasteiger partial charge is 0.472 e. The average molecular weight is 712 g/mol. The van der Waals surface area contributed by atoms with Gasteiger partial charge in [0.15, 0.2) is 29.5 Å². The molecule has 2 aromatic heterocycles. The minimum Gasteiger partial charge on any atom is -0.472 e. The number of carbonyl (C=O) groups is 3. The molecule has 3 aromatic carbocycles. The predicted molar refractivity (Wildman–Crippen MR) is 186 cm³/mol. The van der Waals surface area contributed by atoms with Gasteiger partial charge in [-0.3, -0.25) is 19.0 Å². The van der Waals surface area contributed by atoms with E-state index in [2.05, 4.69) is 21.9 Å². The second kappa shape index (κ2) is 14.2. The maximum atomic E-state index is 12.8. The van der Waals surface area contributed by atoms with Crippen LogP contribution < -0.4 is 10.1 Å². The first-order chi connectivity index (χ1) is 25.1. The quantitative estimate of drug-likeness (QED) is 0.0815. The first kappa shape index (κ1) is 34.8. The molecule has 5 aromatic rings. The van der Waals surface area contributed by atoms with Crippen LogP contribution in [0.3, 0.4) is 0 Å². The first-order valence-electron chi connectivity index (χ1n) is 16.7. The van der Waals surface area contributed by atoms with Gasteiger partial charge in [0.1, 0.15) is 18.9 Å². The minimum absolute atomic E-state index is 0.0171. The molecule has 7 atom stereocenters. The summed E-state index contributed by atoms with van der Waals surface area (Å²) >= 11 is 0. The lowest BCUT2D eigenvalue weighted by molar-refractivity contribution is -0.187. The Morgan fingerprint density at radius 3 is 2.40 bits per heavy atom. The predicted octanol–water partition coefficient (Wildman–Crippen LogP) is 3.97. The standard InChI is InChI=1S/C37H37N5O10/c1-5-14-48-36-31-35(42(17-38-31)27-15-25(47)26(16-43)52-27)40-37(41-36)39-30-29-24(13-12-22-11-10-21-8-6-7-9-23(21)28(22)29)32(49-18(2)44)34(51-20(4)46)33(30)50-19(3)45/h5-13,17,25-27,30,32-34,43,47H,1,14-16H2,2-4H3,(H,39,40,41)/t25-,26+,27+,30-,32+,33+,34-/m0/s1. The van der Waals surface area contributed by atoms with Gasteiger partial charge in [0.2, 0.25) is 11.8 Å². The molecule has 0 spiro atoms. The van der Waals surface area contributed by atoms with E-state index in [9.17, 15) is 24.6 Å². The van der Waals surface area contributed by atoms with Crippen LogP contribution in [0.5, 0.6) is 5.88 Å². The van der Waals surface area contributed by atoms with Gasteiger partial charge in [-0.05, 0) is 27.1 Å². The second-order valence-electron chi connectivity index (χ2n) is 12.6. The Morgan fingerprint density at radius 2 is 1.69 bits per heavy atom. The smallest absolute Gasteiger partial charge is 0.303 e. The van der Waals surface area contributed by atoms with Gasteiger partial charge >= 0.3 is 17.9 Å². The summed E-state index contributed by atoms with van der Waals surface area (Å²) in [5.74, 6) is -1.88. The lowest BCUT2D eigenvalue weighted by Crippen LogP contribution is -2.50. The Labute approximate surface area is 297 Å². The number of anilines is 1. The molecular weight excluding hydrogens is 674 g/mol. The van der Waals surface area contributed by atoms with E-state index in [1.165, 1.54) is 27.1 Å². The van der Waals surface area contributed by atoms with E-state index >= 15 is 0 Å². The third-order valence-corrected chi connectivity index (χ3v) is 9.16. The van der Waals surface area contributed by atoms with Crippen LogP contribution in [0.4, 0.5) is 5.95 Å². The number of aromatic nitrogens is 4. The van der Waals surface area contributed by atoms with Crippen LogP contribution in [0, 0.1) is 0 Å². The molecule has 7 rings (SSSR count). The highest BCUT2D eigenvalue weighted by Crippen LogP contribution is 2.48. The van der Waals surface area contributed by atoms with Gasteiger partial charge in [0.25, 0.3) is 0 Å². The molecule has 1 aliphatic heterocycles. The summed E-state index contributed by atoms with van der Waals surface area (Å²) in [4.78, 5) is 52.0. The van der Waals surface area contributed by atoms with E-state index in [0.29, 0.717) is 16.6 Å². The van der Waals surface area contributed by atoms with Gasteiger partial charge < -0.3 is 39.2 Å². The van der Waals surface area contributed by atoms with Gasteiger partial charge in [0.05, 0.1) is 25.1 Å². The molecule has 0 saturated carbocycles. The number of ether oxygens (including phenoxy) is 5. The average Bonchev–Trinajstić information content (AvgIpc) is 3.71. The van der Waals surface area contributed by atoms with Gasteiger partial charge in [0, 0.05) is 32.8 Å². The summed E-state index contributed by atoms with van der Waals surface area (Å²) in [6.45, 7) is 7.14. The molecule has 2 aliphatic rings. The van der Waals surface area contributed by atoms with E-state index in [0.717, 1.165) is 21.5 Å². The Balaban J connectivity index is 1.47. The molecule has 0 unspecified atom stereocenters. The summed E-state index contributed by atoms with van der Waals surface area (Å²) in [5.41, 5.74) is 1.70. The van der Waals surface area contributed by atoms with E-state index < -0.39 is 60.7 Å². The lowest BCUT2D eigenvalue weighted by Gasteiger charge is -2.42.